The lowest BCUT2D eigenvalue weighted by molar-refractivity contribution is 0.178. The fourth-order valence-corrected chi connectivity index (χ4v) is 3.22. The Kier molecular flexibility index (Phi) is 7.60. The van der Waals surface area contributed by atoms with Crippen LogP contribution in [0.4, 0.5) is 5.69 Å². The number of halogens is 1. The minimum atomic E-state index is 0.525. The van der Waals surface area contributed by atoms with Gasteiger partial charge in [0.25, 0.3) is 0 Å². The Morgan fingerprint density at radius 3 is 2.27 bits per heavy atom. The third-order valence-corrected chi connectivity index (χ3v) is 4.20. The highest BCUT2D eigenvalue weighted by molar-refractivity contribution is 7.80. The average molecular weight is 342 g/mol. The summed E-state index contributed by atoms with van der Waals surface area (Å²) in [6.45, 7) is 14.7. The van der Waals surface area contributed by atoms with Crippen molar-refractivity contribution in [1.82, 2.24) is 10.2 Å². The van der Waals surface area contributed by atoms with Crippen molar-refractivity contribution in [2.45, 2.75) is 53.6 Å². The van der Waals surface area contributed by atoms with Gasteiger partial charge in [0.15, 0.2) is 5.11 Å². The fourth-order valence-electron chi connectivity index (χ4n) is 2.64. The first-order chi connectivity index (χ1) is 10.2. The quantitative estimate of drug-likeness (QED) is 0.752. The summed E-state index contributed by atoms with van der Waals surface area (Å²) in [6, 6.07) is 5.09. The molecule has 0 fully saturated rings. The van der Waals surface area contributed by atoms with E-state index in [2.05, 4.69) is 49.3 Å². The normalized spacial score (nSPS) is 11.4. The summed E-state index contributed by atoms with van der Waals surface area (Å²) in [5, 5.41) is 7.78. The Labute approximate surface area is 145 Å². The third kappa shape index (κ3) is 5.75. The van der Waals surface area contributed by atoms with Crippen LogP contribution in [-0.4, -0.2) is 35.2 Å². The molecule has 0 unspecified atom stereocenters. The summed E-state index contributed by atoms with van der Waals surface area (Å²) in [5.74, 6) is 0. The lowest BCUT2D eigenvalue weighted by atomic mass is 10.1. The van der Waals surface area contributed by atoms with Gasteiger partial charge >= 0.3 is 0 Å². The molecular weight excluding hydrogens is 314 g/mol. The molecule has 0 spiro atoms. The molecule has 0 saturated heterocycles. The first kappa shape index (κ1) is 19.2. The molecule has 0 bridgehead atoms. The summed E-state index contributed by atoms with van der Waals surface area (Å²) in [5.41, 5.74) is 3.13. The number of benzene rings is 1. The van der Waals surface area contributed by atoms with Gasteiger partial charge in [0, 0.05) is 25.2 Å². The van der Waals surface area contributed by atoms with Crippen LogP contribution in [0, 0.1) is 13.8 Å². The van der Waals surface area contributed by atoms with Crippen LogP contribution < -0.4 is 10.6 Å². The predicted octanol–water partition coefficient (Wildman–Crippen LogP) is 4.36. The minimum absolute atomic E-state index is 0.525. The van der Waals surface area contributed by atoms with Gasteiger partial charge in [-0.25, -0.2) is 0 Å². The predicted molar refractivity (Wildman–Crippen MR) is 102 cm³/mol. The Balaban J connectivity index is 2.54. The van der Waals surface area contributed by atoms with Crippen LogP contribution in [0.5, 0.6) is 0 Å². The second-order valence-electron chi connectivity index (χ2n) is 6.24. The highest BCUT2D eigenvalue weighted by Gasteiger charge is 2.13. The molecule has 0 heterocycles. The fraction of sp³-hybridized carbons (Fsp3) is 0.588. The van der Waals surface area contributed by atoms with Crippen LogP contribution >= 0.6 is 23.8 Å². The van der Waals surface area contributed by atoms with Gasteiger partial charge in [-0.15, -0.1) is 0 Å². The first-order valence-corrected chi connectivity index (χ1v) is 8.58. The van der Waals surface area contributed by atoms with Crippen molar-refractivity contribution in [3.05, 3.63) is 28.3 Å². The van der Waals surface area contributed by atoms with E-state index in [9.17, 15) is 0 Å². The monoisotopic (exact) mass is 341 g/mol. The Morgan fingerprint density at radius 2 is 1.77 bits per heavy atom. The summed E-state index contributed by atoms with van der Waals surface area (Å²) >= 11 is 11.7. The molecule has 3 nitrogen and oxygen atoms in total. The molecule has 1 aromatic carbocycles. The van der Waals surface area contributed by atoms with Gasteiger partial charge in [0.05, 0.1) is 10.7 Å². The SMILES string of the molecule is Cc1cc(C)c(NC(=S)NCCN(C(C)C)C(C)C)c(Cl)c1. The van der Waals surface area contributed by atoms with E-state index in [0.717, 1.165) is 29.9 Å². The van der Waals surface area contributed by atoms with Crippen molar-refractivity contribution in [2.75, 3.05) is 18.4 Å². The number of rotatable bonds is 6. The number of aryl methyl sites for hydroxylation is 2. The molecule has 0 aliphatic heterocycles. The molecule has 2 N–H and O–H groups in total. The Bertz CT molecular complexity index is 484. The van der Waals surface area contributed by atoms with Crippen molar-refractivity contribution in [1.29, 1.82) is 0 Å². The number of nitrogens with zero attached hydrogens (tertiary/aromatic N) is 1. The van der Waals surface area contributed by atoms with Crippen LogP contribution in [0.15, 0.2) is 12.1 Å². The van der Waals surface area contributed by atoms with E-state index < -0.39 is 0 Å². The molecule has 0 amide bonds. The standard InChI is InChI=1S/C17H28ClN3S/c1-11(2)21(12(3)4)8-7-19-17(22)20-16-14(6)9-13(5)10-15(16)18/h9-12H,7-8H2,1-6H3,(H2,19,20,22). The van der Waals surface area contributed by atoms with Gasteiger partial charge in [-0.3, -0.25) is 4.90 Å². The molecule has 22 heavy (non-hydrogen) atoms. The molecule has 124 valence electrons. The van der Waals surface area contributed by atoms with E-state index in [1.807, 2.05) is 19.9 Å². The lowest BCUT2D eigenvalue weighted by Crippen LogP contribution is -2.43. The van der Waals surface area contributed by atoms with Gasteiger partial charge in [-0.05, 0) is 71.0 Å². The molecule has 0 saturated carbocycles. The summed E-state index contributed by atoms with van der Waals surface area (Å²) < 4.78 is 0. The molecule has 0 atom stereocenters. The zero-order chi connectivity index (χ0) is 16.9. The van der Waals surface area contributed by atoms with E-state index in [-0.39, 0.29) is 0 Å². The topological polar surface area (TPSA) is 27.3 Å². The summed E-state index contributed by atoms with van der Waals surface area (Å²) in [7, 11) is 0. The highest BCUT2D eigenvalue weighted by Crippen LogP contribution is 2.27. The van der Waals surface area contributed by atoms with E-state index in [4.69, 9.17) is 23.8 Å². The molecular formula is C17H28ClN3S. The molecule has 1 rings (SSSR count). The maximum Gasteiger partial charge on any atom is 0.170 e. The molecule has 0 aliphatic rings. The first-order valence-electron chi connectivity index (χ1n) is 7.79. The van der Waals surface area contributed by atoms with Gasteiger partial charge in [0.2, 0.25) is 0 Å². The maximum absolute atomic E-state index is 6.29. The van der Waals surface area contributed by atoms with Crippen LogP contribution in [0.1, 0.15) is 38.8 Å². The van der Waals surface area contributed by atoms with E-state index in [0.29, 0.717) is 22.2 Å². The number of anilines is 1. The number of hydrogen-bond donors (Lipinski definition) is 2. The molecule has 5 heteroatoms. The van der Waals surface area contributed by atoms with Crippen molar-refractivity contribution in [2.24, 2.45) is 0 Å². The van der Waals surface area contributed by atoms with Crippen LogP contribution in [0.25, 0.3) is 0 Å². The zero-order valence-corrected chi connectivity index (χ0v) is 16.0. The number of nitrogens with one attached hydrogen (secondary N) is 2. The maximum atomic E-state index is 6.29. The smallest absolute Gasteiger partial charge is 0.170 e. The second kappa shape index (κ2) is 8.70. The minimum Gasteiger partial charge on any atom is -0.361 e. The van der Waals surface area contributed by atoms with Crippen molar-refractivity contribution in [3.8, 4) is 0 Å². The van der Waals surface area contributed by atoms with Crippen LogP contribution in [0.2, 0.25) is 5.02 Å². The van der Waals surface area contributed by atoms with E-state index in [1.54, 1.807) is 0 Å². The lowest BCUT2D eigenvalue weighted by Gasteiger charge is -2.30. The number of hydrogen-bond acceptors (Lipinski definition) is 2. The molecule has 1 aromatic rings. The zero-order valence-electron chi connectivity index (χ0n) is 14.5. The van der Waals surface area contributed by atoms with Gasteiger partial charge in [-0.2, -0.15) is 0 Å². The van der Waals surface area contributed by atoms with Gasteiger partial charge < -0.3 is 10.6 Å². The second-order valence-corrected chi connectivity index (χ2v) is 7.06. The van der Waals surface area contributed by atoms with Gasteiger partial charge in [-0.1, -0.05) is 17.7 Å². The summed E-state index contributed by atoms with van der Waals surface area (Å²) in [4.78, 5) is 2.43. The van der Waals surface area contributed by atoms with Gasteiger partial charge in [0.1, 0.15) is 0 Å². The number of thiocarbonyl (C=S) groups is 1. The highest BCUT2D eigenvalue weighted by atomic mass is 35.5. The Morgan fingerprint density at radius 1 is 1.18 bits per heavy atom. The van der Waals surface area contributed by atoms with Crippen LogP contribution in [0.3, 0.4) is 0 Å². The van der Waals surface area contributed by atoms with Crippen LogP contribution in [-0.2, 0) is 0 Å². The van der Waals surface area contributed by atoms with Crippen molar-refractivity contribution in [3.63, 3.8) is 0 Å². The van der Waals surface area contributed by atoms with Crippen molar-refractivity contribution >= 4 is 34.6 Å². The molecule has 0 radical (unpaired) electrons. The van der Waals surface area contributed by atoms with Crippen molar-refractivity contribution < 1.29 is 0 Å². The van der Waals surface area contributed by atoms with E-state index >= 15 is 0 Å². The average Bonchev–Trinajstić information content (AvgIpc) is 2.37. The molecule has 0 aromatic heterocycles. The summed E-state index contributed by atoms with van der Waals surface area (Å²) in [6.07, 6.45) is 0. The van der Waals surface area contributed by atoms with E-state index in [1.165, 1.54) is 0 Å². The largest absolute Gasteiger partial charge is 0.361 e. The third-order valence-electron chi connectivity index (χ3n) is 3.65. The Hall–Kier alpha value is -0.840. The molecule has 0 aliphatic carbocycles.